The van der Waals surface area contributed by atoms with E-state index >= 15 is 0 Å². The van der Waals surface area contributed by atoms with Gasteiger partial charge in [-0.05, 0) is 0 Å². The molecule has 0 aromatic carbocycles. The van der Waals surface area contributed by atoms with Crippen molar-refractivity contribution in [3.05, 3.63) is 28.8 Å². The number of rotatable bonds is 12. The Balaban J connectivity index is 2.43. The fraction of sp³-hybridized carbons (Fsp3) is 0.667. The number of unbranched alkanes of at least 4 members (excludes halogenated alkanes) is 3. The SMILES string of the molecule is CCC[CH2][Sn]([CH2]CCC)([CH2]CCC)[c]1ccc(-n2c(OC)nn(C)c2=O)cn1. The van der Waals surface area contributed by atoms with E-state index in [0.29, 0.717) is 6.01 Å². The van der Waals surface area contributed by atoms with Gasteiger partial charge in [-0.15, -0.1) is 0 Å². The Bertz CT molecular complexity index is 761. The third kappa shape index (κ3) is 5.19. The molecule has 2 heterocycles. The molecule has 28 heavy (non-hydrogen) atoms. The number of hydrogen-bond donors (Lipinski definition) is 0. The van der Waals surface area contributed by atoms with Crippen molar-refractivity contribution in [2.45, 2.75) is 72.6 Å². The van der Waals surface area contributed by atoms with Gasteiger partial charge in [0.05, 0.1) is 0 Å². The van der Waals surface area contributed by atoms with Gasteiger partial charge in [0.1, 0.15) is 0 Å². The molecule has 6 nitrogen and oxygen atoms in total. The van der Waals surface area contributed by atoms with Crippen molar-refractivity contribution in [2.75, 3.05) is 7.11 Å². The number of pyridine rings is 1. The van der Waals surface area contributed by atoms with Gasteiger partial charge < -0.3 is 0 Å². The van der Waals surface area contributed by atoms with E-state index in [4.69, 9.17) is 9.72 Å². The van der Waals surface area contributed by atoms with Crippen molar-refractivity contribution < 1.29 is 4.74 Å². The van der Waals surface area contributed by atoms with E-state index < -0.39 is 18.4 Å². The Morgan fingerprint density at radius 3 is 2.00 bits per heavy atom. The molecular weight excluding hydrogens is 459 g/mol. The fourth-order valence-corrected chi connectivity index (χ4v) is 19.3. The summed E-state index contributed by atoms with van der Waals surface area (Å²) in [4.78, 5) is 17.4. The number of nitrogens with zero attached hydrogens (tertiary/aromatic N) is 4. The molecule has 0 amide bonds. The van der Waals surface area contributed by atoms with Gasteiger partial charge >= 0.3 is 173 Å². The zero-order valence-electron chi connectivity index (χ0n) is 18.2. The van der Waals surface area contributed by atoms with Gasteiger partial charge in [-0.1, -0.05) is 0 Å². The summed E-state index contributed by atoms with van der Waals surface area (Å²) >= 11 is -2.54. The molecule has 156 valence electrons. The van der Waals surface area contributed by atoms with Gasteiger partial charge in [0, 0.05) is 0 Å². The molecule has 0 radical (unpaired) electrons. The maximum absolute atomic E-state index is 12.4. The van der Waals surface area contributed by atoms with Crippen LogP contribution in [0, 0.1) is 0 Å². The molecule has 2 rings (SSSR count). The molecule has 0 aliphatic heterocycles. The normalized spacial score (nSPS) is 11.8. The van der Waals surface area contributed by atoms with Crippen LogP contribution in [0.1, 0.15) is 59.3 Å². The van der Waals surface area contributed by atoms with Crippen molar-refractivity contribution in [1.29, 1.82) is 0 Å². The van der Waals surface area contributed by atoms with Gasteiger partial charge in [-0.25, -0.2) is 0 Å². The van der Waals surface area contributed by atoms with Gasteiger partial charge in [-0.3, -0.25) is 0 Å². The van der Waals surface area contributed by atoms with Crippen molar-refractivity contribution in [2.24, 2.45) is 7.05 Å². The van der Waals surface area contributed by atoms with E-state index in [1.165, 1.54) is 71.9 Å². The van der Waals surface area contributed by atoms with Crippen LogP contribution in [0.2, 0.25) is 13.3 Å². The van der Waals surface area contributed by atoms with Crippen LogP contribution in [-0.2, 0) is 7.05 Å². The molecule has 0 saturated carbocycles. The summed E-state index contributed by atoms with van der Waals surface area (Å²) in [6, 6.07) is 4.52. The molecule has 0 aliphatic rings. The molecule has 0 saturated heterocycles. The van der Waals surface area contributed by atoms with Crippen LogP contribution >= 0.6 is 0 Å². The topological polar surface area (TPSA) is 61.9 Å². The van der Waals surface area contributed by atoms with E-state index in [0.717, 1.165) is 5.69 Å². The third-order valence-electron chi connectivity index (χ3n) is 5.65. The molecule has 7 heteroatoms. The van der Waals surface area contributed by atoms with E-state index in [-0.39, 0.29) is 5.69 Å². The summed E-state index contributed by atoms with van der Waals surface area (Å²) in [5.41, 5.74) is 0.504. The zero-order chi connectivity index (χ0) is 20.6. The van der Waals surface area contributed by atoms with Crippen molar-refractivity contribution in [3.8, 4) is 11.7 Å². The molecule has 2 aromatic heterocycles. The summed E-state index contributed by atoms with van der Waals surface area (Å²) < 4.78 is 13.6. The van der Waals surface area contributed by atoms with E-state index in [2.05, 4.69) is 31.9 Å². The number of ether oxygens (including phenoxy) is 1. The predicted molar refractivity (Wildman–Crippen MR) is 118 cm³/mol. The minimum absolute atomic E-state index is 0.218. The second-order valence-electron chi connectivity index (χ2n) is 7.72. The molecule has 0 spiro atoms. The summed E-state index contributed by atoms with van der Waals surface area (Å²) in [6.45, 7) is 6.86. The Kier molecular flexibility index (Phi) is 9.04. The maximum atomic E-state index is 12.4. The average Bonchev–Trinajstić information content (AvgIpc) is 3.02. The van der Waals surface area contributed by atoms with Crippen molar-refractivity contribution in [3.63, 3.8) is 0 Å². The predicted octanol–water partition coefficient (Wildman–Crippen LogP) is 4.03. The average molecular weight is 495 g/mol. The van der Waals surface area contributed by atoms with Crippen LogP contribution < -0.4 is 14.1 Å². The number of aromatic nitrogens is 4. The minimum atomic E-state index is -2.54. The second-order valence-corrected chi connectivity index (χ2v) is 20.8. The molecule has 0 atom stereocenters. The quantitative estimate of drug-likeness (QED) is 0.418. The van der Waals surface area contributed by atoms with E-state index in [1.807, 2.05) is 12.3 Å². The molecule has 2 aromatic rings. The Morgan fingerprint density at radius 1 is 1.00 bits per heavy atom. The molecular formula is C21H36N4O2Sn. The van der Waals surface area contributed by atoms with Crippen LogP contribution in [0.3, 0.4) is 0 Å². The van der Waals surface area contributed by atoms with E-state index in [9.17, 15) is 4.79 Å². The Morgan fingerprint density at radius 2 is 1.57 bits per heavy atom. The van der Waals surface area contributed by atoms with Crippen LogP contribution in [0.15, 0.2) is 23.1 Å². The van der Waals surface area contributed by atoms with Gasteiger partial charge in [0.2, 0.25) is 0 Å². The first-order chi connectivity index (χ1) is 13.5. The third-order valence-corrected chi connectivity index (χ3v) is 20.8. The number of aryl methyl sites for hydroxylation is 1. The van der Waals surface area contributed by atoms with Gasteiger partial charge in [0.25, 0.3) is 0 Å². The van der Waals surface area contributed by atoms with Crippen molar-refractivity contribution in [1.82, 2.24) is 19.3 Å². The van der Waals surface area contributed by atoms with Crippen molar-refractivity contribution >= 4 is 22.1 Å². The first-order valence-corrected chi connectivity index (χ1v) is 18.2. The molecule has 0 fully saturated rings. The summed E-state index contributed by atoms with van der Waals surface area (Å²) in [5, 5.41) is 4.13. The van der Waals surface area contributed by atoms with E-state index in [1.54, 1.807) is 7.05 Å². The Hall–Kier alpha value is -1.31. The zero-order valence-corrected chi connectivity index (χ0v) is 21.1. The second kappa shape index (κ2) is 11.0. The molecule has 0 N–H and O–H groups in total. The first kappa shape index (κ1) is 23.0. The Labute approximate surface area is 173 Å². The van der Waals surface area contributed by atoms with Crippen LogP contribution in [-0.4, -0.2) is 44.8 Å². The summed E-state index contributed by atoms with van der Waals surface area (Å²) in [6.07, 6.45) is 9.51. The monoisotopic (exact) mass is 496 g/mol. The summed E-state index contributed by atoms with van der Waals surface area (Å²) in [7, 11) is 3.16. The fourth-order valence-electron chi connectivity index (χ4n) is 3.93. The number of methoxy groups -OCH3 is 1. The molecule has 0 bridgehead atoms. The van der Waals surface area contributed by atoms with Gasteiger partial charge in [-0.2, -0.15) is 0 Å². The van der Waals surface area contributed by atoms with Crippen LogP contribution in [0.5, 0.6) is 6.01 Å². The number of hydrogen-bond acceptors (Lipinski definition) is 4. The molecule has 0 aliphatic carbocycles. The molecule has 0 unspecified atom stereocenters. The van der Waals surface area contributed by atoms with Gasteiger partial charge in [0.15, 0.2) is 0 Å². The van der Waals surface area contributed by atoms with Crippen LogP contribution in [0.25, 0.3) is 5.69 Å². The summed E-state index contributed by atoms with van der Waals surface area (Å²) in [5.74, 6) is 0. The standard InChI is InChI=1S/C9H9N4O2.3C4H9.Sn/c1-12-9(14)13(8(11-12)15-2)7-4-3-5-10-6-7;3*1-3-4-2;/h3-4,6H,1-2H3;3*1,3-4H2,2H3;. The first-order valence-electron chi connectivity index (χ1n) is 10.7. The van der Waals surface area contributed by atoms with Crippen LogP contribution in [0.4, 0.5) is 0 Å².